The number of thioether (sulfide) groups is 1. The molecule has 2 rings (SSSR count). The molecular weight excluding hydrogens is 364 g/mol. The van der Waals surface area contributed by atoms with Gasteiger partial charge in [-0.25, -0.2) is 4.79 Å². The minimum atomic E-state index is -0.864. The molecule has 2 heterocycles. The van der Waals surface area contributed by atoms with Crippen molar-refractivity contribution in [3.05, 3.63) is 0 Å². The van der Waals surface area contributed by atoms with Crippen LogP contribution in [-0.4, -0.2) is 62.9 Å². The third-order valence-corrected chi connectivity index (χ3v) is 4.92. The number of nitrogens with zero attached hydrogens (tertiary/aromatic N) is 2. The number of ketones is 1. The van der Waals surface area contributed by atoms with E-state index in [4.69, 9.17) is 0 Å². The lowest BCUT2D eigenvalue weighted by molar-refractivity contribution is -0.197. The third-order valence-electron chi connectivity index (χ3n) is 3.71. The van der Waals surface area contributed by atoms with Crippen LogP contribution in [-0.2, 0) is 33.6 Å². The fourth-order valence-electron chi connectivity index (χ4n) is 2.37. The Bertz CT molecular complexity index is 618. The van der Waals surface area contributed by atoms with Crippen LogP contribution in [0.5, 0.6) is 0 Å². The average Bonchev–Trinajstić information content (AvgIpc) is 2.99. The second-order valence-corrected chi connectivity index (χ2v) is 7.00. The molecule has 2 fully saturated rings. The molecule has 0 bridgehead atoms. The quantitative estimate of drug-likeness (QED) is 0.552. The first-order valence-corrected chi connectivity index (χ1v) is 8.86. The van der Waals surface area contributed by atoms with Crippen LogP contribution in [0.4, 0.5) is 0 Å². The van der Waals surface area contributed by atoms with Gasteiger partial charge >= 0.3 is 5.97 Å². The summed E-state index contributed by atoms with van der Waals surface area (Å²) in [6.07, 6.45) is 0.0362. The van der Waals surface area contributed by atoms with Crippen molar-refractivity contribution in [3.8, 4) is 0 Å². The summed E-state index contributed by atoms with van der Waals surface area (Å²) in [5.74, 6) is -2.38. The molecule has 1 atom stereocenters. The van der Waals surface area contributed by atoms with Gasteiger partial charge in [-0.2, -0.15) is 0 Å². The van der Waals surface area contributed by atoms with Gasteiger partial charge in [-0.05, 0) is 6.92 Å². The second-order valence-electron chi connectivity index (χ2n) is 5.69. The zero-order chi connectivity index (χ0) is 18.6. The fourth-order valence-corrected chi connectivity index (χ4v) is 3.59. The molecule has 2 aliphatic rings. The number of hydrogen-bond donors (Lipinski definition) is 0. The van der Waals surface area contributed by atoms with Gasteiger partial charge in [-0.1, -0.05) is 7.43 Å². The van der Waals surface area contributed by atoms with E-state index in [2.05, 4.69) is 4.84 Å². The van der Waals surface area contributed by atoms with Crippen molar-refractivity contribution in [1.82, 2.24) is 9.96 Å². The Kier molecular flexibility index (Phi) is 7.94. The lowest BCUT2D eigenvalue weighted by atomic mass is 10.3. The Morgan fingerprint density at radius 3 is 2.27 bits per heavy atom. The fraction of sp³-hybridized carbons (Fsp3) is 0.625. The molecule has 26 heavy (non-hydrogen) atoms. The van der Waals surface area contributed by atoms with Crippen molar-refractivity contribution < 1.29 is 33.6 Å². The van der Waals surface area contributed by atoms with Gasteiger partial charge in [0, 0.05) is 38.0 Å². The summed E-state index contributed by atoms with van der Waals surface area (Å²) < 4.78 is 0. The first kappa shape index (κ1) is 21.8. The van der Waals surface area contributed by atoms with Gasteiger partial charge < -0.3 is 4.84 Å². The molecule has 0 aromatic carbocycles. The molecule has 0 aromatic heterocycles. The van der Waals surface area contributed by atoms with E-state index in [0.717, 1.165) is 4.90 Å². The monoisotopic (exact) mass is 386 g/mol. The lowest BCUT2D eigenvalue weighted by Crippen LogP contribution is -2.36. The maximum Gasteiger partial charge on any atom is 0.335 e. The first-order chi connectivity index (χ1) is 11.8. The molecule has 1 unspecified atom stereocenters. The van der Waals surface area contributed by atoms with E-state index in [1.54, 1.807) is 0 Å². The number of Topliss-reactive ketones (excluding diaryl/α,β-unsaturated/α-hetero) is 1. The number of carbonyl (C=O) groups is 6. The maximum atomic E-state index is 12.2. The predicted octanol–water partition coefficient (Wildman–Crippen LogP) is 0.460. The normalized spacial score (nSPS) is 19.8. The maximum absolute atomic E-state index is 12.2. The smallest absolute Gasteiger partial charge is 0.330 e. The highest BCUT2D eigenvalue weighted by Crippen LogP contribution is 2.26. The summed E-state index contributed by atoms with van der Waals surface area (Å²) in [5, 5.41) is -0.124. The molecule has 4 amide bonds. The number of rotatable bonds is 8. The van der Waals surface area contributed by atoms with Crippen LogP contribution in [0.1, 0.15) is 46.5 Å². The van der Waals surface area contributed by atoms with Crippen LogP contribution in [0.15, 0.2) is 0 Å². The molecule has 0 radical (unpaired) electrons. The summed E-state index contributed by atoms with van der Waals surface area (Å²) >= 11 is 1.24. The molecule has 2 saturated heterocycles. The van der Waals surface area contributed by atoms with Crippen LogP contribution in [0.3, 0.4) is 0 Å². The number of amides is 4. The van der Waals surface area contributed by atoms with Crippen LogP contribution >= 0.6 is 11.8 Å². The number of hydroxylamine groups is 2. The Hall–Kier alpha value is -2.23. The zero-order valence-corrected chi connectivity index (χ0v) is 14.5. The van der Waals surface area contributed by atoms with E-state index >= 15 is 0 Å². The lowest BCUT2D eigenvalue weighted by Gasteiger charge is -2.16. The van der Waals surface area contributed by atoms with Crippen molar-refractivity contribution in [3.63, 3.8) is 0 Å². The summed E-state index contributed by atoms with van der Waals surface area (Å²) in [5.41, 5.74) is 0. The zero-order valence-electron chi connectivity index (χ0n) is 13.7. The molecule has 0 aliphatic carbocycles. The van der Waals surface area contributed by atoms with E-state index in [-0.39, 0.29) is 45.4 Å². The van der Waals surface area contributed by atoms with Crippen molar-refractivity contribution in [2.45, 2.75) is 51.7 Å². The SMILES string of the molecule is C.CC(=O)CCSC1CC(=O)N(CCC(=O)ON2C(=O)CCC2=O)C1=O. The molecule has 0 N–H and O–H groups in total. The minimum absolute atomic E-state index is 0. The molecule has 144 valence electrons. The average molecular weight is 386 g/mol. The summed E-state index contributed by atoms with van der Waals surface area (Å²) in [6.45, 7) is 1.28. The van der Waals surface area contributed by atoms with Gasteiger partial charge in [0.25, 0.3) is 11.8 Å². The molecule has 2 aliphatic heterocycles. The highest BCUT2D eigenvalue weighted by molar-refractivity contribution is 8.00. The van der Waals surface area contributed by atoms with Crippen molar-refractivity contribution in [2.24, 2.45) is 0 Å². The molecule has 0 spiro atoms. The molecule has 0 saturated carbocycles. The number of imide groups is 2. The molecule has 10 heteroatoms. The van der Waals surface area contributed by atoms with Gasteiger partial charge in [-0.15, -0.1) is 16.8 Å². The highest BCUT2D eigenvalue weighted by atomic mass is 32.2. The Balaban J connectivity index is 0.00000338. The third kappa shape index (κ3) is 5.38. The molecule has 9 nitrogen and oxygen atoms in total. The predicted molar refractivity (Wildman–Crippen MR) is 91.4 cm³/mol. The van der Waals surface area contributed by atoms with Gasteiger partial charge in [0.05, 0.1) is 11.7 Å². The van der Waals surface area contributed by atoms with Gasteiger partial charge in [0.2, 0.25) is 11.8 Å². The van der Waals surface area contributed by atoms with Gasteiger partial charge in [-0.3, -0.25) is 28.9 Å². The summed E-state index contributed by atoms with van der Waals surface area (Å²) in [7, 11) is 0. The van der Waals surface area contributed by atoms with E-state index in [0.29, 0.717) is 17.2 Å². The number of likely N-dealkylation sites (tertiary alicyclic amines) is 1. The molecule has 0 aromatic rings. The topological polar surface area (TPSA) is 118 Å². The van der Waals surface area contributed by atoms with Crippen LogP contribution in [0, 0.1) is 0 Å². The minimum Gasteiger partial charge on any atom is -0.330 e. The van der Waals surface area contributed by atoms with Crippen molar-refractivity contribution in [1.29, 1.82) is 0 Å². The summed E-state index contributed by atoms with van der Waals surface area (Å²) in [4.78, 5) is 75.1. The van der Waals surface area contributed by atoms with E-state index in [9.17, 15) is 28.8 Å². The van der Waals surface area contributed by atoms with Gasteiger partial charge in [0.1, 0.15) is 5.78 Å². The molecular formula is C16H22N2O7S. The van der Waals surface area contributed by atoms with E-state index < -0.39 is 34.8 Å². The largest absolute Gasteiger partial charge is 0.335 e. The van der Waals surface area contributed by atoms with Crippen LogP contribution in [0.2, 0.25) is 0 Å². The standard InChI is InChI=1S/C15H18N2O7S.CH4/c1-9(18)5-7-25-10-8-13(21)16(15(10)23)6-4-14(22)24-17-11(19)2-3-12(17)20;/h10H,2-8H2,1H3;1H4. The van der Waals surface area contributed by atoms with Crippen LogP contribution < -0.4 is 0 Å². The Labute approximate surface area is 155 Å². The number of hydrogen-bond acceptors (Lipinski definition) is 8. The van der Waals surface area contributed by atoms with E-state index in [1.807, 2.05) is 0 Å². The van der Waals surface area contributed by atoms with Crippen LogP contribution in [0.25, 0.3) is 0 Å². The Morgan fingerprint density at radius 2 is 1.69 bits per heavy atom. The second kappa shape index (κ2) is 9.46. The highest BCUT2D eigenvalue weighted by Gasteiger charge is 2.39. The Morgan fingerprint density at radius 1 is 1.08 bits per heavy atom. The summed E-state index contributed by atoms with van der Waals surface area (Å²) in [6, 6.07) is 0. The van der Waals surface area contributed by atoms with Gasteiger partial charge in [0.15, 0.2) is 0 Å². The first-order valence-electron chi connectivity index (χ1n) is 7.81. The number of carbonyl (C=O) groups excluding carboxylic acids is 6. The van der Waals surface area contributed by atoms with E-state index in [1.165, 1.54) is 18.7 Å². The van der Waals surface area contributed by atoms with Crippen molar-refractivity contribution in [2.75, 3.05) is 12.3 Å². The van der Waals surface area contributed by atoms with Crippen molar-refractivity contribution >= 4 is 47.1 Å².